The summed E-state index contributed by atoms with van der Waals surface area (Å²) in [6.07, 6.45) is 0.457. The normalized spacial score (nSPS) is 13.5. The molecule has 0 heterocycles. The zero-order chi connectivity index (χ0) is 12.9. The van der Waals surface area contributed by atoms with Gasteiger partial charge in [-0.15, -0.1) is 0 Å². The van der Waals surface area contributed by atoms with E-state index in [0.29, 0.717) is 6.54 Å². The number of ether oxygens (including phenoxy) is 1. The Morgan fingerprint density at radius 1 is 1.35 bits per heavy atom. The lowest BCUT2D eigenvalue weighted by molar-refractivity contribution is 0.154. The van der Waals surface area contributed by atoms with Crippen molar-refractivity contribution in [1.29, 1.82) is 0 Å². The Balaban J connectivity index is 2.81. The molecule has 0 aliphatic carbocycles. The van der Waals surface area contributed by atoms with Gasteiger partial charge in [0.15, 0.2) is 0 Å². The molecule has 1 aromatic carbocycles. The smallest absolute Gasteiger partial charge is 0.123 e. The summed E-state index contributed by atoms with van der Waals surface area (Å²) in [5, 5.41) is 13.0. The van der Waals surface area contributed by atoms with E-state index in [0.717, 1.165) is 17.7 Å². The van der Waals surface area contributed by atoms with E-state index in [2.05, 4.69) is 19.2 Å². The Morgan fingerprint density at radius 2 is 2.00 bits per heavy atom. The number of nitrogens with one attached hydrogen (secondary N) is 1. The minimum atomic E-state index is -0.302. The third-order valence-electron chi connectivity index (χ3n) is 3.03. The lowest BCUT2D eigenvalue weighted by Gasteiger charge is -2.29. The van der Waals surface area contributed by atoms with Crippen LogP contribution in [0.4, 0.5) is 0 Å². The van der Waals surface area contributed by atoms with Crippen molar-refractivity contribution in [3.8, 4) is 5.75 Å². The number of methoxy groups -OCH3 is 1. The van der Waals surface area contributed by atoms with E-state index in [1.165, 1.54) is 0 Å². The number of hydrogen-bond acceptors (Lipinski definition) is 3. The monoisotopic (exact) mass is 237 g/mol. The maximum absolute atomic E-state index is 9.60. The lowest BCUT2D eigenvalue weighted by atomic mass is 9.93. The molecule has 2 N–H and O–H groups in total. The molecule has 0 amide bonds. The van der Waals surface area contributed by atoms with Crippen LogP contribution in [0.15, 0.2) is 24.3 Å². The number of aliphatic hydroxyl groups is 1. The molecule has 0 bridgehead atoms. The first kappa shape index (κ1) is 14.0. The average molecular weight is 237 g/mol. The highest BCUT2D eigenvalue weighted by atomic mass is 16.5. The Kier molecular flexibility index (Phi) is 4.97. The topological polar surface area (TPSA) is 41.5 Å². The summed E-state index contributed by atoms with van der Waals surface area (Å²) in [5.41, 5.74) is 0.883. The molecule has 1 atom stereocenters. The highest BCUT2D eigenvalue weighted by Gasteiger charge is 2.23. The molecule has 1 aromatic rings. The van der Waals surface area contributed by atoms with Gasteiger partial charge in [0.2, 0.25) is 0 Å². The molecule has 0 fully saturated rings. The SMILES string of the molecule is CC[C@@H](O)CNC(C)(C)c1ccccc1OC. The maximum atomic E-state index is 9.60. The van der Waals surface area contributed by atoms with Gasteiger partial charge in [-0.25, -0.2) is 0 Å². The van der Waals surface area contributed by atoms with Gasteiger partial charge in [-0.3, -0.25) is 0 Å². The highest BCUT2D eigenvalue weighted by molar-refractivity contribution is 5.38. The Hall–Kier alpha value is -1.06. The van der Waals surface area contributed by atoms with Crippen molar-refractivity contribution in [2.45, 2.75) is 38.8 Å². The zero-order valence-corrected chi connectivity index (χ0v) is 11.2. The molecule has 96 valence electrons. The van der Waals surface area contributed by atoms with Crippen molar-refractivity contribution in [1.82, 2.24) is 5.32 Å². The van der Waals surface area contributed by atoms with E-state index < -0.39 is 0 Å². The molecule has 0 unspecified atom stereocenters. The van der Waals surface area contributed by atoms with Crippen LogP contribution in [0.25, 0.3) is 0 Å². The van der Waals surface area contributed by atoms with Gasteiger partial charge in [-0.2, -0.15) is 0 Å². The molecular weight excluding hydrogens is 214 g/mol. The van der Waals surface area contributed by atoms with Crippen molar-refractivity contribution in [3.05, 3.63) is 29.8 Å². The summed E-state index contributed by atoms with van der Waals surface area (Å²) < 4.78 is 5.36. The number of aliphatic hydroxyl groups excluding tert-OH is 1. The van der Waals surface area contributed by atoms with Crippen LogP contribution >= 0.6 is 0 Å². The molecule has 0 aliphatic rings. The van der Waals surface area contributed by atoms with Crippen LogP contribution in [0, 0.1) is 0 Å². The number of para-hydroxylation sites is 1. The van der Waals surface area contributed by atoms with Crippen LogP contribution in [0.3, 0.4) is 0 Å². The molecular formula is C14H23NO2. The first-order valence-corrected chi connectivity index (χ1v) is 6.08. The summed E-state index contributed by atoms with van der Waals surface area (Å²) in [5.74, 6) is 0.871. The molecule has 0 radical (unpaired) electrons. The highest BCUT2D eigenvalue weighted by Crippen LogP contribution is 2.29. The molecule has 1 rings (SSSR count). The second-order valence-corrected chi connectivity index (χ2v) is 4.77. The van der Waals surface area contributed by atoms with Crippen molar-refractivity contribution in [3.63, 3.8) is 0 Å². The van der Waals surface area contributed by atoms with Gasteiger partial charge in [-0.1, -0.05) is 25.1 Å². The van der Waals surface area contributed by atoms with Crippen LogP contribution in [0.2, 0.25) is 0 Å². The van der Waals surface area contributed by atoms with Gasteiger partial charge < -0.3 is 15.2 Å². The fourth-order valence-corrected chi connectivity index (χ4v) is 1.77. The Labute approximate surface area is 104 Å². The molecule has 0 saturated heterocycles. The first-order valence-electron chi connectivity index (χ1n) is 6.08. The molecule has 0 aliphatic heterocycles. The minimum absolute atomic E-state index is 0.219. The number of rotatable bonds is 6. The lowest BCUT2D eigenvalue weighted by Crippen LogP contribution is -2.41. The Morgan fingerprint density at radius 3 is 2.59 bits per heavy atom. The van der Waals surface area contributed by atoms with E-state index >= 15 is 0 Å². The fraction of sp³-hybridized carbons (Fsp3) is 0.571. The van der Waals surface area contributed by atoms with E-state index in [4.69, 9.17) is 4.74 Å². The largest absolute Gasteiger partial charge is 0.496 e. The van der Waals surface area contributed by atoms with E-state index in [1.54, 1.807) is 7.11 Å². The summed E-state index contributed by atoms with van der Waals surface area (Å²) in [6.45, 7) is 6.74. The molecule has 3 nitrogen and oxygen atoms in total. The van der Waals surface area contributed by atoms with Crippen LogP contribution in [-0.4, -0.2) is 24.9 Å². The third-order valence-corrected chi connectivity index (χ3v) is 3.03. The molecule has 0 spiro atoms. The molecule has 0 aromatic heterocycles. The predicted octanol–water partition coefficient (Wildman–Crippen LogP) is 2.29. The van der Waals surface area contributed by atoms with E-state index in [9.17, 15) is 5.11 Å². The van der Waals surface area contributed by atoms with Crippen LogP contribution in [0.5, 0.6) is 5.75 Å². The molecule has 0 saturated carbocycles. The van der Waals surface area contributed by atoms with E-state index in [-0.39, 0.29) is 11.6 Å². The van der Waals surface area contributed by atoms with Gasteiger partial charge in [0, 0.05) is 17.6 Å². The van der Waals surface area contributed by atoms with Gasteiger partial charge >= 0.3 is 0 Å². The summed E-state index contributed by atoms with van der Waals surface area (Å²) >= 11 is 0. The summed E-state index contributed by atoms with van der Waals surface area (Å²) in [4.78, 5) is 0. The first-order chi connectivity index (χ1) is 8.01. The molecule has 17 heavy (non-hydrogen) atoms. The van der Waals surface area contributed by atoms with Crippen molar-refractivity contribution < 1.29 is 9.84 Å². The number of hydrogen-bond donors (Lipinski definition) is 2. The van der Waals surface area contributed by atoms with Crippen LogP contribution in [-0.2, 0) is 5.54 Å². The summed E-state index contributed by atoms with van der Waals surface area (Å²) in [6, 6.07) is 7.95. The summed E-state index contributed by atoms with van der Waals surface area (Å²) in [7, 11) is 1.68. The number of benzene rings is 1. The second kappa shape index (κ2) is 6.03. The van der Waals surface area contributed by atoms with Crippen molar-refractivity contribution in [2.24, 2.45) is 0 Å². The quantitative estimate of drug-likeness (QED) is 0.797. The minimum Gasteiger partial charge on any atom is -0.496 e. The molecule has 3 heteroatoms. The van der Waals surface area contributed by atoms with Crippen LogP contribution < -0.4 is 10.1 Å². The second-order valence-electron chi connectivity index (χ2n) is 4.77. The van der Waals surface area contributed by atoms with Crippen molar-refractivity contribution >= 4 is 0 Å². The maximum Gasteiger partial charge on any atom is 0.123 e. The zero-order valence-electron chi connectivity index (χ0n) is 11.2. The van der Waals surface area contributed by atoms with Gasteiger partial charge in [0.05, 0.1) is 13.2 Å². The standard InChI is InChI=1S/C14H23NO2/c1-5-11(16)10-15-14(2,3)12-8-6-7-9-13(12)17-4/h6-9,11,15-16H,5,10H2,1-4H3/t11-/m1/s1. The Bertz CT molecular complexity index is 350. The fourth-order valence-electron chi connectivity index (χ4n) is 1.77. The van der Waals surface area contributed by atoms with E-state index in [1.807, 2.05) is 31.2 Å². The third kappa shape index (κ3) is 3.72. The van der Waals surface area contributed by atoms with Gasteiger partial charge in [0.25, 0.3) is 0 Å². The van der Waals surface area contributed by atoms with Gasteiger partial charge in [0.1, 0.15) is 5.75 Å². The van der Waals surface area contributed by atoms with Crippen LogP contribution in [0.1, 0.15) is 32.8 Å². The predicted molar refractivity (Wildman–Crippen MR) is 70.3 cm³/mol. The van der Waals surface area contributed by atoms with Gasteiger partial charge in [-0.05, 0) is 26.3 Å². The average Bonchev–Trinajstić information content (AvgIpc) is 2.35. The van der Waals surface area contributed by atoms with Crippen molar-refractivity contribution in [2.75, 3.05) is 13.7 Å².